The van der Waals surface area contributed by atoms with Gasteiger partial charge in [-0.15, -0.1) is 0 Å². The van der Waals surface area contributed by atoms with Crippen LogP contribution in [-0.4, -0.2) is 11.6 Å². The van der Waals surface area contributed by atoms with Crippen molar-refractivity contribution in [1.29, 1.82) is 0 Å². The van der Waals surface area contributed by atoms with Gasteiger partial charge in [0.1, 0.15) is 5.75 Å². The van der Waals surface area contributed by atoms with Gasteiger partial charge in [-0.3, -0.25) is 4.98 Å². The van der Waals surface area contributed by atoms with Gasteiger partial charge < -0.3 is 10.1 Å². The number of pyridine rings is 1. The van der Waals surface area contributed by atoms with Crippen LogP contribution in [0, 0.1) is 6.92 Å². The molecule has 3 nitrogen and oxygen atoms in total. The van der Waals surface area contributed by atoms with Gasteiger partial charge in [0.2, 0.25) is 0 Å². The van der Waals surface area contributed by atoms with E-state index >= 15 is 0 Å². The average Bonchev–Trinajstić information content (AvgIpc) is 2.41. The van der Waals surface area contributed by atoms with Crippen LogP contribution in [-0.2, 0) is 6.54 Å². The molecule has 2 aromatic rings. The Bertz CT molecular complexity index is 602. The van der Waals surface area contributed by atoms with Crippen molar-refractivity contribution in [2.45, 2.75) is 20.4 Å². The topological polar surface area (TPSA) is 34.1 Å². The molecule has 0 spiro atoms. The number of hydrogen-bond donors (Lipinski definition) is 1. The van der Waals surface area contributed by atoms with E-state index in [1.807, 2.05) is 25.3 Å². The molecule has 1 aromatic carbocycles. The standard InChI is InChI=1S/C15H16Br2N2O/c1-3-20-15-11(6-12(16)7-13(15)17)8-19-14-9-18-5-4-10(14)2/h4-7,9,19H,3,8H2,1-2H3. The van der Waals surface area contributed by atoms with Gasteiger partial charge in [0.15, 0.2) is 0 Å². The van der Waals surface area contributed by atoms with E-state index in [4.69, 9.17) is 4.74 Å². The maximum Gasteiger partial charge on any atom is 0.138 e. The summed E-state index contributed by atoms with van der Waals surface area (Å²) in [5.74, 6) is 0.879. The Labute approximate surface area is 136 Å². The Morgan fingerprint density at radius 3 is 2.80 bits per heavy atom. The minimum Gasteiger partial charge on any atom is -0.492 e. The number of halogens is 2. The Morgan fingerprint density at radius 1 is 1.30 bits per heavy atom. The van der Waals surface area contributed by atoms with E-state index in [2.05, 4.69) is 55.2 Å². The molecule has 0 radical (unpaired) electrons. The predicted octanol–water partition coefficient (Wildman–Crippen LogP) is 4.93. The summed E-state index contributed by atoms with van der Waals surface area (Å²) in [5, 5.41) is 3.40. The summed E-state index contributed by atoms with van der Waals surface area (Å²) in [7, 11) is 0. The molecule has 0 atom stereocenters. The molecule has 106 valence electrons. The Kier molecular flexibility index (Phi) is 5.43. The lowest BCUT2D eigenvalue weighted by molar-refractivity contribution is 0.334. The van der Waals surface area contributed by atoms with Crippen LogP contribution in [0.2, 0.25) is 0 Å². The van der Waals surface area contributed by atoms with Gasteiger partial charge in [-0.1, -0.05) is 15.9 Å². The molecule has 0 bridgehead atoms. The molecule has 1 aromatic heterocycles. The molecule has 0 unspecified atom stereocenters. The van der Waals surface area contributed by atoms with Crippen molar-refractivity contribution in [2.75, 3.05) is 11.9 Å². The van der Waals surface area contributed by atoms with Gasteiger partial charge in [-0.05, 0) is 53.5 Å². The molecule has 0 saturated carbocycles. The molecule has 2 rings (SSSR count). The minimum atomic E-state index is 0.638. The van der Waals surface area contributed by atoms with Crippen LogP contribution in [0.25, 0.3) is 0 Å². The van der Waals surface area contributed by atoms with Gasteiger partial charge in [0.05, 0.1) is 23.0 Å². The molecule has 5 heteroatoms. The third kappa shape index (κ3) is 3.73. The summed E-state index contributed by atoms with van der Waals surface area (Å²) in [6, 6.07) is 6.04. The molecule has 0 aliphatic heterocycles. The van der Waals surface area contributed by atoms with Crippen LogP contribution in [0.1, 0.15) is 18.1 Å². The molecule has 0 fully saturated rings. The quantitative estimate of drug-likeness (QED) is 0.774. The first-order chi connectivity index (χ1) is 9.61. The van der Waals surface area contributed by atoms with Crippen molar-refractivity contribution in [2.24, 2.45) is 0 Å². The smallest absolute Gasteiger partial charge is 0.138 e. The highest BCUT2D eigenvalue weighted by molar-refractivity contribution is 9.11. The number of rotatable bonds is 5. The zero-order chi connectivity index (χ0) is 14.5. The number of aryl methyl sites for hydroxylation is 1. The number of hydrogen-bond acceptors (Lipinski definition) is 3. The van der Waals surface area contributed by atoms with E-state index in [1.54, 1.807) is 6.20 Å². The van der Waals surface area contributed by atoms with E-state index in [9.17, 15) is 0 Å². The van der Waals surface area contributed by atoms with Crippen molar-refractivity contribution in [3.05, 3.63) is 50.7 Å². The van der Waals surface area contributed by atoms with Crippen LogP contribution < -0.4 is 10.1 Å². The van der Waals surface area contributed by atoms with Crippen molar-refractivity contribution in [3.8, 4) is 5.75 Å². The van der Waals surface area contributed by atoms with Gasteiger partial charge in [0, 0.05) is 22.8 Å². The fraction of sp³-hybridized carbons (Fsp3) is 0.267. The number of nitrogens with one attached hydrogen (secondary N) is 1. The fourth-order valence-electron chi connectivity index (χ4n) is 1.89. The number of anilines is 1. The SMILES string of the molecule is CCOc1c(Br)cc(Br)cc1CNc1cnccc1C. The van der Waals surface area contributed by atoms with Gasteiger partial charge >= 0.3 is 0 Å². The molecule has 0 amide bonds. The zero-order valence-electron chi connectivity index (χ0n) is 11.4. The normalized spacial score (nSPS) is 10.4. The number of ether oxygens (including phenoxy) is 1. The van der Waals surface area contributed by atoms with Crippen molar-refractivity contribution in [3.63, 3.8) is 0 Å². The lowest BCUT2D eigenvalue weighted by Gasteiger charge is -2.15. The molecule has 20 heavy (non-hydrogen) atoms. The van der Waals surface area contributed by atoms with E-state index in [1.165, 1.54) is 5.56 Å². The van der Waals surface area contributed by atoms with Gasteiger partial charge in [0.25, 0.3) is 0 Å². The second-order valence-corrected chi connectivity index (χ2v) is 6.12. The number of aromatic nitrogens is 1. The highest BCUT2D eigenvalue weighted by Crippen LogP contribution is 2.33. The summed E-state index contributed by atoms with van der Waals surface area (Å²) in [6.45, 7) is 5.36. The molecule has 0 saturated heterocycles. The molecule has 0 aliphatic carbocycles. The second kappa shape index (κ2) is 7.09. The second-order valence-electron chi connectivity index (χ2n) is 4.35. The first-order valence-electron chi connectivity index (χ1n) is 6.37. The van der Waals surface area contributed by atoms with Crippen LogP contribution in [0.15, 0.2) is 39.5 Å². The van der Waals surface area contributed by atoms with E-state index in [-0.39, 0.29) is 0 Å². The summed E-state index contributed by atoms with van der Waals surface area (Å²) in [6.07, 6.45) is 3.63. The fourth-order valence-corrected chi connectivity index (χ4v) is 3.32. The van der Waals surface area contributed by atoms with Gasteiger partial charge in [-0.25, -0.2) is 0 Å². The predicted molar refractivity (Wildman–Crippen MR) is 89.3 cm³/mol. The van der Waals surface area contributed by atoms with Crippen LogP contribution in [0.5, 0.6) is 5.75 Å². The monoisotopic (exact) mass is 398 g/mol. The van der Waals surface area contributed by atoms with Crippen LogP contribution in [0.3, 0.4) is 0 Å². The molecule has 1 N–H and O–H groups in total. The summed E-state index contributed by atoms with van der Waals surface area (Å²) in [5.41, 5.74) is 3.30. The maximum atomic E-state index is 5.72. The van der Waals surface area contributed by atoms with E-state index in [0.717, 1.165) is 25.9 Å². The maximum absolute atomic E-state index is 5.72. The van der Waals surface area contributed by atoms with Gasteiger partial charge in [-0.2, -0.15) is 0 Å². The number of benzene rings is 1. The van der Waals surface area contributed by atoms with Crippen molar-refractivity contribution < 1.29 is 4.74 Å². The summed E-state index contributed by atoms with van der Waals surface area (Å²) >= 11 is 7.06. The highest BCUT2D eigenvalue weighted by atomic mass is 79.9. The number of nitrogens with zero attached hydrogens (tertiary/aromatic N) is 1. The largest absolute Gasteiger partial charge is 0.492 e. The Balaban J connectivity index is 2.22. The molecular weight excluding hydrogens is 384 g/mol. The van der Waals surface area contributed by atoms with Crippen LogP contribution >= 0.6 is 31.9 Å². The summed E-state index contributed by atoms with van der Waals surface area (Å²) < 4.78 is 7.69. The van der Waals surface area contributed by atoms with E-state index < -0.39 is 0 Å². The Hall–Kier alpha value is -1.07. The lowest BCUT2D eigenvalue weighted by atomic mass is 10.2. The van der Waals surface area contributed by atoms with Crippen molar-refractivity contribution >= 4 is 37.5 Å². The third-order valence-electron chi connectivity index (χ3n) is 2.88. The highest BCUT2D eigenvalue weighted by Gasteiger charge is 2.10. The lowest BCUT2D eigenvalue weighted by Crippen LogP contribution is -2.05. The third-order valence-corrected chi connectivity index (χ3v) is 3.93. The van der Waals surface area contributed by atoms with Crippen molar-refractivity contribution in [1.82, 2.24) is 4.98 Å². The first-order valence-corrected chi connectivity index (χ1v) is 7.95. The zero-order valence-corrected chi connectivity index (χ0v) is 14.6. The molecular formula is C15H16Br2N2O. The minimum absolute atomic E-state index is 0.638. The summed E-state index contributed by atoms with van der Waals surface area (Å²) in [4.78, 5) is 4.14. The average molecular weight is 400 g/mol. The molecule has 1 heterocycles. The Morgan fingerprint density at radius 2 is 2.10 bits per heavy atom. The molecule has 0 aliphatic rings. The first kappa shape index (κ1) is 15.3. The van der Waals surface area contributed by atoms with E-state index in [0.29, 0.717) is 13.2 Å². The van der Waals surface area contributed by atoms with Crippen LogP contribution in [0.4, 0.5) is 5.69 Å².